The van der Waals surface area contributed by atoms with Crippen molar-refractivity contribution in [3.8, 4) is 17.2 Å². The second-order valence-electron chi connectivity index (χ2n) is 6.43. The van der Waals surface area contributed by atoms with Gasteiger partial charge in [0.2, 0.25) is 5.89 Å². The number of hydrogen-bond donors (Lipinski definition) is 0. The fourth-order valence-corrected chi connectivity index (χ4v) is 2.87. The van der Waals surface area contributed by atoms with Gasteiger partial charge in [0.1, 0.15) is 5.75 Å². The molecule has 0 spiro atoms. The Morgan fingerprint density at radius 2 is 1.56 bits per heavy atom. The first kappa shape index (κ1) is 17.0. The molecular formula is C23H20N2O2. The number of hydrogen-bond acceptors (Lipinski definition) is 4. The third-order valence-corrected chi connectivity index (χ3v) is 4.33. The summed E-state index contributed by atoms with van der Waals surface area (Å²) < 4.78 is 11.7. The standard InChI is InChI=1S/C23H20N2O2/c1-17-11-13-19(14-12-17)23-25-24-22(27-23)16-26-21-10-6-5-9-20(21)15-18-7-3-2-4-8-18/h2-14H,15-16H2,1H3. The Morgan fingerprint density at radius 1 is 0.815 bits per heavy atom. The third kappa shape index (κ3) is 4.23. The van der Waals surface area contributed by atoms with E-state index >= 15 is 0 Å². The van der Waals surface area contributed by atoms with Crippen molar-refractivity contribution >= 4 is 0 Å². The van der Waals surface area contributed by atoms with E-state index in [2.05, 4.69) is 28.4 Å². The highest BCUT2D eigenvalue weighted by molar-refractivity contribution is 5.52. The summed E-state index contributed by atoms with van der Waals surface area (Å²) in [6.45, 7) is 2.29. The van der Waals surface area contributed by atoms with E-state index in [0.717, 1.165) is 23.3 Å². The van der Waals surface area contributed by atoms with E-state index < -0.39 is 0 Å². The van der Waals surface area contributed by atoms with Gasteiger partial charge in [-0.25, -0.2) is 0 Å². The average molecular weight is 356 g/mol. The second kappa shape index (κ2) is 7.87. The monoisotopic (exact) mass is 356 g/mol. The summed E-state index contributed by atoms with van der Waals surface area (Å²) in [6.07, 6.45) is 0.815. The van der Waals surface area contributed by atoms with E-state index in [1.54, 1.807) is 0 Å². The predicted molar refractivity (Wildman–Crippen MR) is 104 cm³/mol. The minimum Gasteiger partial charge on any atom is -0.484 e. The number of nitrogens with zero attached hydrogens (tertiary/aromatic N) is 2. The molecule has 0 aliphatic rings. The lowest BCUT2D eigenvalue weighted by Crippen LogP contribution is -1.99. The first-order valence-electron chi connectivity index (χ1n) is 8.92. The number of rotatable bonds is 6. The van der Waals surface area contributed by atoms with Crippen LogP contribution in [0.1, 0.15) is 22.6 Å². The quantitative estimate of drug-likeness (QED) is 0.475. The highest BCUT2D eigenvalue weighted by atomic mass is 16.5. The SMILES string of the molecule is Cc1ccc(-c2nnc(COc3ccccc3Cc3ccccc3)o2)cc1. The van der Waals surface area contributed by atoms with Crippen LogP contribution < -0.4 is 4.74 Å². The van der Waals surface area contributed by atoms with Crippen molar-refractivity contribution in [2.75, 3.05) is 0 Å². The summed E-state index contributed by atoms with van der Waals surface area (Å²) in [5, 5.41) is 8.22. The lowest BCUT2D eigenvalue weighted by atomic mass is 10.0. The maximum Gasteiger partial charge on any atom is 0.254 e. The average Bonchev–Trinajstić information content (AvgIpc) is 3.18. The summed E-state index contributed by atoms with van der Waals surface area (Å²) in [5.41, 5.74) is 4.47. The molecule has 3 aromatic carbocycles. The van der Waals surface area contributed by atoms with E-state index in [-0.39, 0.29) is 6.61 Å². The fraction of sp³-hybridized carbons (Fsp3) is 0.130. The Morgan fingerprint density at radius 3 is 2.37 bits per heavy atom. The van der Waals surface area contributed by atoms with Gasteiger partial charge in [-0.2, -0.15) is 0 Å². The molecule has 4 nitrogen and oxygen atoms in total. The zero-order valence-electron chi connectivity index (χ0n) is 15.1. The van der Waals surface area contributed by atoms with Gasteiger partial charge in [-0.1, -0.05) is 66.2 Å². The molecule has 0 amide bonds. The Bertz CT molecular complexity index is 1010. The van der Waals surface area contributed by atoms with Crippen LogP contribution in [0.15, 0.2) is 83.3 Å². The summed E-state index contributed by atoms with van der Waals surface area (Å²) in [5.74, 6) is 1.79. The maximum atomic E-state index is 5.97. The van der Waals surface area contributed by atoms with Crippen LogP contribution in [0.2, 0.25) is 0 Å². The number of benzene rings is 3. The molecule has 0 saturated carbocycles. The predicted octanol–water partition coefficient (Wildman–Crippen LogP) is 5.21. The van der Waals surface area contributed by atoms with Gasteiger partial charge in [0.15, 0.2) is 6.61 Å². The van der Waals surface area contributed by atoms with Crippen LogP contribution in [0.3, 0.4) is 0 Å². The van der Waals surface area contributed by atoms with Gasteiger partial charge >= 0.3 is 0 Å². The van der Waals surface area contributed by atoms with Gasteiger partial charge in [-0.15, -0.1) is 10.2 Å². The molecule has 0 N–H and O–H groups in total. The lowest BCUT2D eigenvalue weighted by molar-refractivity contribution is 0.262. The molecule has 0 radical (unpaired) electrons. The molecule has 0 aliphatic carbocycles. The maximum absolute atomic E-state index is 5.97. The molecule has 4 rings (SSSR count). The number of aromatic nitrogens is 2. The summed E-state index contributed by atoms with van der Waals surface area (Å²) in [6, 6.07) is 26.4. The second-order valence-corrected chi connectivity index (χ2v) is 6.43. The molecule has 1 heterocycles. The fourth-order valence-electron chi connectivity index (χ4n) is 2.87. The molecule has 0 unspecified atom stereocenters. The number of ether oxygens (including phenoxy) is 1. The zero-order valence-corrected chi connectivity index (χ0v) is 15.1. The van der Waals surface area contributed by atoms with Crippen LogP contribution in [0.4, 0.5) is 0 Å². The smallest absolute Gasteiger partial charge is 0.254 e. The van der Waals surface area contributed by atoms with Crippen LogP contribution in [0.5, 0.6) is 5.75 Å². The topological polar surface area (TPSA) is 48.2 Å². The zero-order chi connectivity index (χ0) is 18.5. The molecule has 0 fully saturated rings. The van der Waals surface area contributed by atoms with E-state index in [0.29, 0.717) is 11.8 Å². The van der Waals surface area contributed by atoms with Crippen molar-refractivity contribution in [2.45, 2.75) is 20.0 Å². The number of para-hydroxylation sites is 1. The van der Waals surface area contributed by atoms with Crippen molar-refractivity contribution in [3.05, 3.63) is 101 Å². The van der Waals surface area contributed by atoms with E-state index in [1.165, 1.54) is 11.1 Å². The number of aryl methyl sites for hydroxylation is 1. The first-order valence-corrected chi connectivity index (χ1v) is 8.92. The van der Waals surface area contributed by atoms with Gasteiger partial charge in [-0.05, 0) is 36.2 Å². The third-order valence-electron chi connectivity index (χ3n) is 4.33. The van der Waals surface area contributed by atoms with Crippen molar-refractivity contribution in [3.63, 3.8) is 0 Å². The summed E-state index contributed by atoms with van der Waals surface area (Å²) in [7, 11) is 0. The molecule has 0 saturated heterocycles. The molecule has 134 valence electrons. The van der Waals surface area contributed by atoms with E-state index in [9.17, 15) is 0 Å². The Hall–Kier alpha value is -3.40. The van der Waals surface area contributed by atoms with Crippen LogP contribution in [0.25, 0.3) is 11.5 Å². The Kier molecular flexibility index (Phi) is 4.97. The Balaban J connectivity index is 1.46. The summed E-state index contributed by atoms with van der Waals surface area (Å²) in [4.78, 5) is 0. The largest absolute Gasteiger partial charge is 0.484 e. The van der Waals surface area contributed by atoms with Crippen LogP contribution >= 0.6 is 0 Å². The van der Waals surface area contributed by atoms with Gasteiger partial charge in [0.05, 0.1) is 0 Å². The van der Waals surface area contributed by atoms with Crippen molar-refractivity contribution in [1.82, 2.24) is 10.2 Å². The van der Waals surface area contributed by atoms with Gasteiger partial charge in [0, 0.05) is 12.0 Å². The molecule has 4 heteroatoms. The summed E-state index contributed by atoms with van der Waals surface area (Å²) >= 11 is 0. The minimum absolute atomic E-state index is 0.241. The van der Waals surface area contributed by atoms with E-state index in [1.807, 2.05) is 67.6 Å². The molecule has 1 aromatic heterocycles. The van der Waals surface area contributed by atoms with Crippen molar-refractivity contribution < 1.29 is 9.15 Å². The van der Waals surface area contributed by atoms with Crippen LogP contribution in [-0.4, -0.2) is 10.2 Å². The van der Waals surface area contributed by atoms with Crippen LogP contribution in [0, 0.1) is 6.92 Å². The molecule has 0 atom stereocenters. The Labute approximate surface area is 158 Å². The first-order chi connectivity index (χ1) is 13.3. The minimum atomic E-state index is 0.241. The molecular weight excluding hydrogens is 336 g/mol. The van der Waals surface area contributed by atoms with Crippen molar-refractivity contribution in [1.29, 1.82) is 0 Å². The molecule has 27 heavy (non-hydrogen) atoms. The van der Waals surface area contributed by atoms with Crippen molar-refractivity contribution in [2.24, 2.45) is 0 Å². The van der Waals surface area contributed by atoms with Gasteiger partial charge in [0.25, 0.3) is 5.89 Å². The molecule has 4 aromatic rings. The normalized spacial score (nSPS) is 10.7. The highest BCUT2D eigenvalue weighted by Crippen LogP contribution is 2.23. The van der Waals surface area contributed by atoms with Gasteiger partial charge in [-0.3, -0.25) is 0 Å². The van der Waals surface area contributed by atoms with Crippen LogP contribution in [-0.2, 0) is 13.0 Å². The highest BCUT2D eigenvalue weighted by Gasteiger charge is 2.10. The van der Waals surface area contributed by atoms with Gasteiger partial charge < -0.3 is 9.15 Å². The molecule has 0 aliphatic heterocycles. The molecule has 0 bridgehead atoms. The van der Waals surface area contributed by atoms with E-state index in [4.69, 9.17) is 9.15 Å². The lowest BCUT2D eigenvalue weighted by Gasteiger charge is -2.10.